The summed E-state index contributed by atoms with van der Waals surface area (Å²) in [6, 6.07) is 7.23. The average Bonchev–Trinajstić information content (AvgIpc) is 2.42. The van der Waals surface area contributed by atoms with E-state index in [0.29, 0.717) is 18.7 Å². The fourth-order valence-electron chi connectivity index (χ4n) is 2.14. The second-order valence-corrected chi connectivity index (χ2v) is 5.46. The second kappa shape index (κ2) is 6.10. The Hall–Kier alpha value is -1.49. The van der Waals surface area contributed by atoms with Crippen molar-refractivity contribution in [2.75, 3.05) is 19.3 Å². The highest BCUT2D eigenvalue weighted by Gasteiger charge is 2.29. The van der Waals surface area contributed by atoms with E-state index in [1.54, 1.807) is 23.6 Å². The lowest BCUT2D eigenvalue weighted by molar-refractivity contribution is -0.127. The van der Waals surface area contributed by atoms with E-state index in [2.05, 4.69) is 5.32 Å². The summed E-state index contributed by atoms with van der Waals surface area (Å²) in [7, 11) is 0. The molecule has 2 amide bonds. The van der Waals surface area contributed by atoms with Gasteiger partial charge in [0.1, 0.15) is 6.04 Å². The number of carbonyl (C=O) groups excluding carboxylic acids is 2. The molecule has 0 spiro atoms. The summed E-state index contributed by atoms with van der Waals surface area (Å²) in [6.07, 6.45) is 2.05. The highest BCUT2D eigenvalue weighted by atomic mass is 32.2. The van der Waals surface area contributed by atoms with Gasteiger partial charge in [-0.3, -0.25) is 9.59 Å². The Morgan fingerprint density at radius 1 is 1.42 bits per heavy atom. The Morgan fingerprint density at radius 2 is 2.11 bits per heavy atom. The van der Waals surface area contributed by atoms with Gasteiger partial charge in [-0.15, -0.1) is 0 Å². The molecule has 1 aliphatic heterocycles. The predicted molar refractivity (Wildman–Crippen MR) is 77.2 cm³/mol. The normalized spacial score (nSPS) is 19.2. The molecule has 102 valence electrons. The van der Waals surface area contributed by atoms with Crippen molar-refractivity contribution in [1.82, 2.24) is 10.2 Å². The number of hydrogen-bond acceptors (Lipinski definition) is 3. The quantitative estimate of drug-likeness (QED) is 0.912. The maximum Gasteiger partial charge on any atom is 0.254 e. The summed E-state index contributed by atoms with van der Waals surface area (Å²) in [4.78, 5) is 25.6. The summed E-state index contributed by atoms with van der Waals surface area (Å²) in [5.41, 5.74) is 1.85. The van der Waals surface area contributed by atoms with Crippen LogP contribution in [-0.4, -0.2) is 42.1 Å². The summed E-state index contributed by atoms with van der Waals surface area (Å²) in [5.74, 6) is 0.786. The zero-order chi connectivity index (χ0) is 13.8. The van der Waals surface area contributed by atoms with Gasteiger partial charge in [-0.05, 0) is 30.9 Å². The number of amides is 2. The number of benzene rings is 1. The lowest BCUT2D eigenvalue weighted by atomic mass is 10.1. The van der Waals surface area contributed by atoms with E-state index >= 15 is 0 Å². The molecule has 0 aliphatic carbocycles. The Balaban J connectivity index is 2.12. The van der Waals surface area contributed by atoms with Crippen LogP contribution in [0.4, 0.5) is 0 Å². The van der Waals surface area contributed by atoms with Crippen molar-refractivity contribution in [3.05, 3.63) is 35.4 Å². The SMILES string of the molecule is CSCc1ccc(C(=O)N2CCNC(=O)C2C)cc1. The Labute approximate surface area is 117 Å². The van der Waals surface area contributed by atoms with Crippen molar-refractivity contribution in [3.8, 4) is 0 Å². The van der Waals surface area contributed by atoms with E-state index in [1.807, 2.05) is 30.5 Å². The summed E-state index contributed by atoms with van der Waals surface area (Å²) in [5, 5.41) is 2.76. The van der Waals surface area contributed by atoms with Crippen molar-refractivity contribution in [2.24, 2.45) is 0 Å². The minimum Gasteiger partial charge on any atom is -0.353 e. The van der Waals surface area contributed by atoms with E-state index in [-0.39, 0.29) is 11.8 Å². The molecule has 0 aromatic heterocycles. The number of thioether (sulfide) groups is 1. The third-order valence-corrected chi connectivity index (χ3v) is 3.89. The first-order valence-corrected chi connectivity index (χ1v) is 7.69. The fraction of sp³-hybridized carbons (Fsp3) is 0.429. The molecule has 19 heavy (non-hydrogen) atoms. The Kier molecular flexibility index (Phi) is 4.47. The van der Waals surface area contributed by atoms with Crippen LogP contribution in [0.3, 0.4) is 0 Å². The number of nitrogens with one attached hydrogen (secondary N) is 1. The van der Waals surface area contributed by atoms with Gasteiger partial charge in [0.25, 0.3) is 5.91 Å². The minimum atomic E-state index is -0.396. The van der Waals surface area contributed by atoms with Crippen molar-refractivity contribution >= 4 is 23.6 Å². The van der Waals surface area contributed by atoms with E-state index < -0.39 is 6.04 Å². The van der Waals surface area contributed by atoms with Gasteiger partial charge in [0.15, 0.2) is 0 Å². The predicted octanol–water partition coefficient (Wildman–Crippen LogP) is 1.51. The van der Waals surface area contributed by atoms with Gasteiger partial charge < -0.3 is 10.2 Å². The molecule has 0 saturated carbocycles. The molecular weight excluding hydrogens is 260 g/mol. The molecular formula is C14H18N2O2S. The summed E-state index contributed by atoms with van der Waals surface area (Å²) in [6.45, 7) is 2.85. The summed E-state index contributed by atoms with van der Waals surface area (Å²) >= 11 is 1.75. The highest BCUT2D eigenvalue weighted by molar-refractivity contribution is 7.97. The van der Waals surface area contributed by atoms with E-state index in [4.69, 9.17) is 0 Å². The van der Waals surface area contributed by atoms with Crippen LogP contribution in [0.25, 0.3) is 0 Å². The molecule has 1 fully saturated rings. The lowest BCUT2D eigenvalue weighted by Gasteiger charge is -2.32. The standard InChI is InChI=1S/C14H18N2O2S/c1-10-13(17)15-7-8-16(10)14(18)12-5-3-11(4-6-12)9-19-2/h3-6,10H,7-9H2,1-2H3,(H,15,17). The molecule has 1 aromatic rings. The van der Waals surface area contributed by atoms with Crippen LogP contribution < -0.4 is 5.32 Å². The molecule has 2 rings (SSSR count). The molecule has 1 N–H and O–H groups in total. The minimum absolute atomic E-state index is 0.0712. The Bertz CT molecular complexity index is 473. The van der Waals surface area contributed by atoms with Crippen LogP contribution in [-0.2, 0) is 10.5 Å². The molecule has 0 radical (unpaired) electrons. The molecule has 5 heteroatoms. The van der Waals surface area contributed by atoms with Gasteiger partial charge in [-0.25, -0.2) is 0 Å². The maximum absolute atomic E-state index is 12.4. The number of nitrogens with zero attached hydrogens (tertiary/aromatic N) is 1. The first kappa shape index (κ1) is 13.9. The zero-order valence-electron chi connectivity index (χ0n) is 11.2. The van der Waals surface area contributed by atoms with Crippen molar-refractivity contribution < 1.29 is 9.59 Å². The van der Waals surface area contributed by atoms with E-state index in [0.717, 1.165) is 5.75 Å². The van der Waals surface area contributed by atoms with Crippen LogP contribution in [0, 0.1) is 0 Å². The number of rotatable bonds is 3. The fourth-order valence-corrected chi connectivity index (χ4v) is 2.66. The number of hydrogen-bond donors (Lipinski definition) is 1. The molecule has 4 nitrogen and oxygen atoms in total. The zero-order valence-corrected chi connectivity index (χ0v) is 12.0. The van der Waals surface area contributed by atoms with E-state index in [1.165, 1.54) is 5.56 Å². The molecule has 1 atom stereocenters. The monoisotopic (exact) mass is 278 g/mol. The molecule has 1 aromatic carbocycles. The maximum atomic E-state index is 12.4. The van der Waals surface area contributed by atoms with E-state index in [9.17, 15) is 9.59 Å². The average molecular weight is 278 g/mol. The van der Waals surface area contributed by atoms with Gasteiger partial charge in [-0.2, -0.15) is 11.8 Å². The van der Waals surface area contributed by atoms with Gasteiger partial charge in [-0.1, -0.05) is 12.1 Å². The van der Waals surface area contributed by atoms with Crippen LogP contribution in [0.15, 0.2) is 24.3 Å². The first-order chi connectivity index (χ1) is 9.13. The largest absolute Gasteiger partial charge is 0.353 e. The van der Waals surface area contributed by atoms with Gasteiger partial charge in [0.05, 0.1) is 0 Å². The molecule has 1 heterocycles. The smallest absolute Gasteiger partial charge is 0.254 e. The van der Waals surface area contributed by atoms with Crippen molar-refractivity contribution in [1.29, 1.82) is 0 Å². The van der Waals surface area contributed by atoms with Gasteiger partial charge >= 0.3 is 0 Å². The van der Waals surface area contributed by atoms with Crippen molar-refractivity contribution in [2.45, 2.75) is 18.7 Å². The van der Waals surface area contributed by atoms with Crippen LogP contribution >= 0.6 is 11.8 Å². The molecule has 1 aliphatic rings. The summed E-state index contributed by atoms with van der Waals surface area (Å²) < 4.78 is 0. The van der Waals surface area contributed by atoms with Gasteiger partial charge in [0.2, 0.25) is 5.91 Å². The third kappa shape index (κ3) is 3.10. The highest BCUT2D eigenvalue weighted by Crippen LogP contribution is 2.14. The Morgan fingerprint density at radius 3 is 2.74 bits per heavy atom. The molecule has 1 unspecified atom stereocenters. The molecule has 1 saturated heterocycles. The van der Waals surface area contributed by atoms with Crippen LogP contribution in [0.2, 0.25) is 0 Å². The number of piperazine rings is 1. The molecule has 0 bridgehead atoms. The lowest BCUT2D eigenvalue weighted by Crippen LogP contribution is -2.55. The first-order valence-electron chi connectivity index (χ1n) is 6.30. The topological polar surface area (TPSA) is 49.4 Å². The van der Waals surface area contributed by atoms with Crippen LogP contribution in [0.5, 0.6) is 0 Å². The van der Waals surface area contributed by atoms with Crippen molar-refractivity contribution in [3.63, 3.8) is 0 Å². The van der Waals surface area contributed by atoms with Crippen LogP contribution in [0.1, 0.15) is 22.8 Å². The van der Waals surface area contributed by atoms with Gasteiger partial charge in [0, 0.05) is 24.4 Å². The number of carbonyl (C=O) groups is 2. The third-order valence-electron chi connectivity index (χ3n) is 3.27. The second-order valence-electron chi connectivity index (χ2n) is 4.60.